The summed E-state index contributed by atoms with van der Waals surface area (Å²) in [4.78, 5) is 14.4. The molecule has 0 saturated carbocycles. The van der Waals surface area contributed by atoms with Crippen LogP contribution in [0.1, 0.15) is 25.8 Å². The number of amides is 1. The summed E-state index contributed by atoms with van der Waals surface area (Å²) in [6, 6.07) is 5.80. The molecule has 0 radical (unpaired) electrons. The molecule has 6 heteroatoms. The van der Waals surface area contributed by atoms with Gasteiger partial charge in [0.05, 0.1) is 16.0 Å². The highest BCUT2D eigenvalue weighted by Crippen LogP contribution is 2.33. The van der Waals surface area contributed by atoms with E-state index in [-0.39, 0.29) is 5.91 Å². The Labute approximate surface area is 142 Å². The Morgan fingerprint density at radius 2 is 2.19 bits per heavy atom. The molecule has 0 aromatic heterocycles. The summed E-state index contributed by atoms with van der Waals surface area (Å²) in [5, 5.41) is 0. The van der Waals surface area contributed by atoms with Crippen LogP contribution in [0.2, 0.25) is 0 Å². The van der Waals surface area contributed by atoms with Crippen molar-refractivity contribution in [1.82, 2.24) is 4.90 Å². The minimum Gasteiger partial charge on any atom is -0.492 e. The molecule has 1 aromatic rings. The van der Waals surface area contributed by atoms with E-state index in [1.54, 1.807) is 4.90 Å². The minimum atomic E-state index is -0.0186. The van der Waals surface area contributed by atoms with Crippen molar-refractivity contribution in [3.8, 4) is 5.75 Å². The molecule has 21 heavy (non-hydrogen) atoms. The fraction of sp³-hybridized carbons (Fsp3) is 0.333. The molecule has 0 spiro atoms. The third-order valence-electron chi connectivity index (χ3n) is 2.91. The Balaban J connectivity index is 2.20. The van der Waals surface area contributed by atoms with Crippen LogP contribution in [-0.4, -0.2) is 28.3 Å². The molecule has 0 aliphatic carbocycles. The molecular weight excluding hydrogens is 370 g/mol. The number of carbonyl (C=O) groups is 1. The number of thioether (sulfide) groups is 1. The summed E-state index contributed by atoms with van der Waals surface area (Å²) in [5.74, 6) is 0.796. The molecule has 0 unspecified atom stereocenters. The zero-order valence-electron chi connectivity index (χ0n) is 11.9. The van der Waals surface area contributed by atoms with Gasteiger partial charge in [-0.15, -0.1) is 0 Å². The van der Waals surface area contributed by atoms with Gasteiger partial charge in [-0.05, 0) is 53.0 Å². The standard InChI is InChI=1S/C15H16BrNO2S2/c1-3-7-19-12-6-5-10(8-11(12)16)9-13-14(18)17(4-2)15(20)21-13/h5-6,8-9H,3-4,7H2,1-2H3/b13-9+. The van der Waals surface area contributed by atoms with Crippen LogP contribution in [0.5, 0.6) is 5.75 Å². The molecule has 2 rings (SSSR count). The maximum atomic E-state index is 12.2. The largest absolute Gasteiger partial charge is 0.492 e. The van der Waals surface area contributed by atoms with Crippen LogP contribution < -0.4 is 4.74 Å². The Bertz CT molecular complexity index is 601. The number of nitrogens with zero attached hydrogens (tertiary/aromatic N) is 1. The van der Waals surface area contributed by atoms with E-state index >= 15 is 0 Å². The van der Waals surface area contributed by atoms with Crippen LogP contribution in [0.15, 0.2) is 27.6 Å². The summed E-state index contributed by atoms with van der Waals surface area (Å²) in [6.45, 7) is 5.28. The Kier molecular flexibility index (Phi) is 5.84. The quantitative estimate of drug-likeness (QED) is 0.552. The van der Waals surface area contributed by atoms with E-state index in [0.29, 0.717) is 22.4 Å². The summed E-state index contributed by atoms with van der Waals surface area (Å²) < 4.78 is 7.12. The van der Waals surface area contributed by atoms with Crippen LogP contribution in [-0.2, 0) is 4.79 Å². The molecule has 1 aliphatic rings. The van der Waals surface area contributed by atoms with E-state index in [2.05, 4.69) is 22.9 Å². The second-order valence-electron chi connectivity index (χ2n) is 4.46. The van der Waals surface area contributed by atoms with Gasteiger partial charge in [0, 0.05) is 6.54 Å². The normalized spacial score (nSPS) is 16.9. The fourth-order valence-corrected chi connectivity index (χ4v) is 3.76. The number of ether oxygens (including phenoxy) is 1. The smallest absolute Gasteiger partial charge is 0.266 e. The molecule has 3 nitrogen and oxygen atoms in total. The summed E-state index contributed by atoms with van der Waals surface area (Å²) >= 11 is 10.0. The number of thiocarbonyl (C=S) groups is 1. The number of benzene rings is 1. The summed E-state index contributed by atoms with van der Waals surface area (Å²) in [6.07, 6.45) is 2.83. The third-order valence-corrected chi connectivity index (χ3v) is 4.90. The molecule has 0 atom stereocenters. The van der Waals surface area contributed by atoms with Crippen molar-refractivity contribution >= 4 is 56.2 Å². The SMILES string of the molecule is CCCOc1ccc(/C=C2/SC(=S)N(CC)C2=O)cc1Br. The molecule has 1 aromatic carbocycles. The first-order chi connectivity index (χ1) is 10.1. The minimum absolute atomic E-state index is 0.0186. The van der Waals surface area contributed by atoms with Crippen molar-refractivity contribution < 1.29 is 9.53 Å². The first-order valence-electron chi connectivity index (χ1n) is 6.74. The van der Waals surface area contributed by atoms with Gasteiger partial charge in [-0.3, -0.25) is 9.69 Å². The second-order valence-corrected chi connectivity index (χ2v) is 6.99. The number of likely N-dealkylation sites (N-methyl/N-ethyl adjacent to an activating group) is 1. The van der Waals surface area contributed by atoms with E-state index in [1.807, 2.05) is 31.2 Å². The van der Waals surface area contributed by atoms with Gasteiger partial charge in [-0.1, -0.05) is 37.0 Å². The van der Waals surface area contributed by atoms with Crippen molar-refractivity contribution in [1.29, 1.82) is 0 Å². The van der Waals surface area contributed by atoms with Gasteiger partial charge in [0.15, 0.2) is 0 Å². The topological polar surface area (TPSA) is 29.5 Å². The lowest BCUT2D eigenvalue weighted by atomic mass is 10.2. The van der Waals surface area contributed by atoms with Crippen molar-refractivity contribution in [2.24, 2.45) is 0 Å². The lowest BCUT2D eigenvalue weighted by molar-refractivity contribution is -0.121. The zero-order chi connectivity index (χ0) is 15.4. The number of halogens is 1. The lowest BCUT2D eigenvalue weighted by Crippen LogP contribution is -2.27. The van der Waals surface area contributed by atoms with Gasteiger partial charge in [-0.25, -0.2) is 0 Å². The monoisotopic (exact) mass is 385 g/mol. The number of carbonyl (C=O) groups excluding carboxylic acids is 1. The van der Waals surface area contributed by atoms with Crippen LogP contribution >= 0.6 is 39.9 Å². The highest BCUT2D eigenvalue weighted by molar-refractivity contribution is 9.10. The number of hydrogen-bond donors (Lipinski definition) is 0. The average molecular weight is 386 g/mol. The predicted molar refractivity (Wildman–Crippen MR) is 95.5 cm³/mol. The zero-order valence-corrected chi connectivity index (χ0v) is 15.1. The van der Waals surface area contributed by atoms with Crippen LogP contribution in [0.4, 0.5) is 0 Å². The highest BCUT2D eigenvalue weighted by atomic mass is 79.9. The Hall–Kier alpha value is -0.850. The molecule has 1 heterocycles. The molecule has 1 saturated heterocycles. The van der Waals surface area contributed by atoms with Crippen LogP contribution in [0.25, 0.3) is 6.08 Å². The van der Waals surface area contributed by atoms with Gasteiger partial charge < -0.3 is 4.74 Å². The Morgan fingerprint density at radius 1 is 1.43 bits per heavy atom. The van der Waals surface area contributed by atoms with Gasteiger partial charge in [0.25, 0.3) is 5.91 Å². The van der Waals surface area contributed by atoms with E-state index in [1.165, 1.54) is 11.8 Å². The van der Waals surface area contributed by atoms with Gasteiger partial charge in [0.1, 0.15) is 10.1 Å². The predicted octanol–water partition coefficient (Wildman–Crippen LogP) is 4.46. The van der Waals surface area contributed by atoms with Crippen LogP contribution in [0.3, 0.4) is 0 Å². The molecule has 112 valence electrons. The first-order valence-corrected chi connectivity index (χ1v) is 8.76. The van der Waals surface area contributed by atoms with E-state index in [0.717, 1.165) is 22.2 Å². The van der Waals surface area contributed by atoms with E-state index in [4.69, 9.17) is 17.0 Å². The first kappa shape index (κ1) is 16.5. The molecular formula is C15H16BrNO2S2. The van der Waals surface area contributed by atoms with Crippen molar-refractivity contribution in [2.75, 3.05) is 13.2 Å². The third kappa shape index (κ3) is 3.87. The number of rotatable bonds is 5. The summed E-state index contributed by atoms with van der Waals surface area (Å²) in [7, 11) is 0. The molecule has 1 amide bonds. The van der Waals surface area contributed by atoms with Crippen molar-refractivity contribution in [3.63, 3.8) is 0 Å². The Morgan fingerprint density at radius 3 is 2.76 bits per heavy atom. The fourth-order valence-electron chi connectivity index (χ4n) is 1.86. The molecule has 1 fully saturated rings. The molecule has 0 N–H and O–H groups in total. The van der Waals surface area contributed by atoms with Gasteiger partial charge in [-0.2, -0.15) is 0 Å². The highest BCUT2D eigenvalue weighted by Gasteiger charge is 2.30. The second kappa shape index (κ2) is 7.42. The average Bonchev–Trinajstić information content (AvgIpc) is 2.72. The number of hydrogen-bond acceptors (Lipinski definition) is 4. The van der Waals surface area contributed by atoms with Crippen molar-refractivity contribution in [3.05, 3.63) is 33.1 Å². The van der Waals surface area contributed by atoms with Gasteiger partial charge in [0.2, 0.25) is 0 Å². The van der Waals surface area contributed by atoms with E-state index < -0.39 is 0 Å². The molecule has 1 aliphatic heterocycles. The maximum Gasteiger partial charge on any atom is 0.266 e. The van der Waals surface area contributed by atoms with Crippen LogP contribution in [0, 0.1) is 0 Å². The summed E-state index contributed by atoms with van der Waals surface area (Å²) in [5.41, 5.74) is 0.947. The lowest BCUT2D eigenvalue weighted by Gasteiger charge is -2.09. The van der Waals surface area contributed by atoms with E-state index in [9.17, 15) is 4.79 Å². The van der Waals surface area contributed by atoms with Gasteiger partial charge >= 0.3 is 0 Å². The van der Waals surface area contributed by atoms with Crippen molar-refractivity contribution in [2.45, 2.75) is 20.3 Å². The molecule has 0 bridgehead atoms. The maximum absolute atomic E-state index is 12.2.